The van der Waals surface area contributed by atoms with E-state index < -0.39 is 12.0 Å². The second kappa shape index (κ2) is 6.15. The minimum atomic E-state index is -0.983. The Morgan fingerprint density at radius 2 is 1.88 bits per heavy atom. The van der Waals surface area contributed by atoms with Crippen LogP contribution in [0.2, 0.25) is 0 Å². The van der Waals surface area contributed by atoms with E-state index in [1.54, 1.807) is 19.2 Å². The Morgan fingerprint density at radius 3 is 2.29 bits per heavy atom. The largest absolute Gasteiger partial charge is 0.481 e. The van der Waals surface area contributed by atoms with Gasteiger partial charge < -0.3 is 10.4 Å². The highest BCUT2D eigenvalue weighted by molar-refractivity contribution is 6.01. The second-order valence-corrected chi connectivity index (χ2v) is 3.85. The van der Waals surface area contributed by atoms with Crippen molar-refractivity contribution in [1.29, 1.82) is 0 Å². The van der Waals surface area contributed by atoms with Crippen molar-refractivity contribution in [2.45, 2.75) is 25.8 Å². The molecule has 0 aromatic heterocycles. The Kier molecular flexibility index (Phi) is 4.84. The molecule has 1 atom stereocenters. The molecular formula is C13H17NO3. The van der Waals surface area contributed by atoms with Gasteiger partial charge in [-0.2, -0.15) is 0 Å². The first-order valence-electron chi connectivity index (χ1n) is 5.60. The number of aryl methyl sites for hydroxylation is 1. The molecular weight excluding hydrogens is 218 g/mol. The van der Waals surface area contributed by atoms with Gasteiger partial charge >= 0.3 is 5.97 Å². The van der Waals surface area contributed by atoms with Crippen molar-refractivity contribution in [2.75, 3.05) is 7.05 Å². The lowest BCUT2D eigenvalue weighted by Crippen LogP contribution is -2.36. The maximum Gasteiger partial charge on any atom is 0.305 e. The topological polar surface area (TPSA) is 66.4 Å². The third-order valence-corrected chi connectivity index (χ3v) is 2.69. The molecule has 4 nitrogen and oxygen atoms in total. The summed E-state index contributed by atoms with van der Waals surface area (Å²) in [6.07, 6.45) is 0.712. The van der Waals surface area contributed by atoms with Gasteiger partial charge in [0.05, 0.1) is 12.5 Å². The molecule has 4 heteroatoms. The van der Waals surface area contributed by atoms with Crippen LogP contribution in [0.4, 0.5) is 0 Å². The highest BCUT2D eigenvalue weighted by Crippen LogP contribution is 2.09. The van der Waals surface area contributed by atoms with Crippen LogP contribution in [0.3, 0.4) is 0 Å². The number of ketones is 1. The molecule has 1 unspecified atom stereocenters. The van der Waals surface area contributed by atoms with Gasteiger partial charge in [-0.05, 0) is 19.0 Å². The summed E-state index contributed by atoms with van der Waals surface area (Å²) in [5.41, 5.74) is 1.70. The highest BCUT2D eigenvalue weighted by atomic mass is 16.4. The summed E-state index contributed by atoms with van der Waals surface area (Å²) in [4.78, 5) is 22.6. The number of aliphatic carboxylic acids is 1. The van der Waals surface area contributed by atoms with E-state index in [0.717, 1.165) is 12.0 Å². The predicted molar refractivity (Wildman–Crippen MR) is 65.3 cm³/mol. The molecule has 0 saturated heterocycles. The summed E-state index contributed by atoms with van der Waals surface area (Å²) < 4.78 is 0. The van der Waals surface area contributed by atoms with E-state index in [1.165, 1.54) is 0 Å². The molecule has 0 radical (unpaired) electrons. The van der Waals surface area contributed by atoms with Crippen LogP contribution in [0.5, 0.6) is 0 Å². The molecule has 92 valence electrons. The molecule has 0 saturated carbocycles. The Bertz CT molecular complexity index is 398. The van der Waals surface area contributed by atoms with E-state index in [9.17, 15) is 9.59 Å². The van der Waals surface area contributed by atoms with E-state index in [0.29, 0.717) is 5.56 Å². The zero-order chi connectivity index (χ0) is 12.8. The lowest BCUT2D eigenvalue weighted by molar-refractivity contribution is -0.137. The van der Waals surface area contributed by atoms with Gasteiger partial charge in [0, 0.05) is 5.56 Å². The molecule has 0 amide bonds. The molecule has 1 aromatic carbocycles. The van der Waals surface area contributed by atoms with Crippen LogP contribution in [0, 0.1) is 0 Å². The van der Waals surface area contributed by atoms with Crippen LogP contribution in [-0.4, -0.2) is 29.9 Å². The average molecular weight is 235 g/mol. The number of likely N-dealkylation sites (N-methyl/N-ethyl adjacent to an activating group) is 1. The second-order valence-electron chi connectivity index (χ2n) is 3.85. The first kappa shape index (κ1) is 13.4. The van der Waals surface area contributed by atoms with Crippen molar-refractivity contribution in [2.24, 2.45) is 0 Å². The molecule has 0 aliphatic carbocycles. The van der Waals surface area contributed by atoms with Crippen molar-refractivity contribution in [1.82, 2.24) is 5.32 Å². The van der Waals surface area contributed by atoms with Crippen LogP contribution in [0.15, 0.2) is 24.3 Å². The SMILES string of the molecule is CCc1ccc(C(=O)C(CC(=O)O)NC)cc1. The van der Waals surface area contributed by atoms with Crippen LogP contribution in [0.1, 0.15) is 29.3 Å². The van der Waals surface area contributed by atoms with Crippen LogP contribution in [0.25, 0.3) is 0 Å². The fraction of sp³-hybridized carbons (Fsp3) is 0.385. The summed E-state index contributed by atoms with van der Waals surface area (Å²) >= 11 is 0. The molecule has 0 spiro atoms. The number of carboxylic acids is 1. The van der Waals surface area contributed by atoms with Gasteiger partial charge in [-0.1, -0.05) is 31.2 Å². The smallest absolute Gasteiger partial charge is 0.305 e. The van der Waals surface area contributed by atoms with Gasteiger partial charge in [0.2, 0.25) is 0 Å². The average Bonchev–Trinajstić information content (AvgIpc) is 2.35. The lowest BCUT2D eigenvalue weighted by atomic mass is 10.00. The minimum absolute atomic E-state index is 0.183. The quantitative estimate of drug-likeness (QED) is 0.733. The van der Waals surface area contributed by atoms with E-state index in [1.807, 2.05) is 19.1 Å². The number of carbonyl (C=O) groups is 2. The number of carbonyl (C=O) groups excluding carboxylic acids is 1. The summed E-state index contributed by atoms with van der Waals surface area (Å²) in [6.45, 7) is 2.04. The Balaban J connectivity index is 2.82. The molecule has 17 heavy (non-hydrogen) atoms. The third kappa shape index (κ3) is 3.67. The van der Waals surface area contributed by atoms with Crippen molar-refractivity contribution >= 4 is 11.8 Å². The predicted octanol–water partition coefficient (Wildman–Crippen LogP) is 1.49. The van der Waals surface area contributed by atoms with Crippen molar-refractivity contribution in [3.8, 4) is 0 Å². The van der Waals surface area contributed by atoms with Crippen molar-refractivity contribution < 1.29 is 14.7 Å². The molecule has 0 fully saturated rings. The van der Waals surface area contributed by atoms with Crippen molar-refractivity contribution in [3.05, 3.63) is 35.4 Å². The Labute approximate surface area is 101 Å². The van der Waals surface area contributed by atoms with Gasteiger partial charge in [-0.25, -0.2) is 0 Å². The zero-order valence-corrected chi connectivity index (χ0v) is 10.1. The maximum atomic E-state index is 12.0. The van der Waals surface area contributed by atoms with E-state index in [-0.39, 0.29) is 12.2 Å². The maximum absolute atomic E-state index is 12.0. The Hall–Kier alpha value is -1.68. The number of nitrogens with one attached hydrogen (secondary N) is 1. The highest BCUT2D eigenvalue weighted by Gasteiger charge is 2.20. The zero-order valence-electron chi connectivity index (χ0n) is 10.1. The normalized spacial score (nSPS) is 12.1. The number of benzene rings is 1. The molecule has 1 aromatic rings. The molecule has 1 rings (SSSR count). The molecule has 0 aliphatic heterocycles. The number of Topliss-reactive ketones (excluding diaryl/α,β-unsaturated/α-hetero) is 1. The van der Waals surface area contributed by atoms with E-state index in [4.69, 9.17) is 5.11 Å². The standard InChI is InChI=1S/C13H17NO3/c1-3-9-4-6-10(7-5-9)13(17)11(14-2)8-12(15)16/h4-7,11,14H,3,8H2,1-2H3,(H,15,16). The van der Waals surface area contributed by atoms with Gasteiger partial charge in [-0.15, -0.1) is 0 Å². The lowest BCUT2D eigenvalue weighted by Gasteiger charge is -2.12. The number of hydrogen-bond acceptors (Lipinski definition) is 3. The van der Waals surface area contributed by atoms with E-state index in [2.05, 4.69) is 5.32 Å². The summed E-state index contributed by atoms with van der Waals surface area (Å²) in [6, 6.07) is 6.60. The number of hydrogen-bond donors (Lipinski definition) is 2. The summed E-state index contributed by atoms with van der Waals surface area (Å²) in [5.74, 6) is -1.17. The van der Waals surface area contributed by atoms with E-state index >= 15 is 0 Å². The molecule has 0 aliphatic rings. The van der Waals surface area contributed by atoms with Gasteiger partial charge in [0.15, 0.2) is 5.78 Å². The fourth-order valence-corrected chi connectivity index (χ4v) is 1.61. The van der Waals surface area contributed by atoms with Gasteiger partial charge in [0.1, 0.15) is 0 Å². The first-order valence-corrected chi connectivity index (χ1v) is 5.60. The number of carboxylic acid groups (broad SMARTS) is 1. The molecule has 0 bridgehead atoms. The monoisotopic (exact) mass is 235 g/mol. The first-order chi connectivity index (χ1) is 8.08. The molecule has 0 heterocycles. The van der Waals surface area contributed by atoms with Crippen LogP contribution < -0.4 is 5.32 Å². The fourth-order valence-electron chi connectivity index (χ4n) is 1.61. The minimum Gasteiger partial charge on any atom is -0.481 e. The third-order valence-electron chi connectivity index (χ3n) is 2.69. The van der Waals surface area contributed by atoms with Gasteiger partial charge in [0.25, 0.3) is 0 Å². The van der Waals surface area contributed by atoms with Crippen molar-refractivity contribution in [3.63, 3.8) is 0 Å². The summed E-state index contributed by atoms with van der Waals surface area (Å²) in [5, 5.41) is 11.4. The van der Waals surface area contributed by atoms with Crippen LogP contribution >= 0.6 is 0 Å². The van der Waals surface area contributed by atoms with Crippen LogP contribution in [-0.2, 0) is 11.2 Å². The summed E-state index contributed by atoms with van der Waals surface area (Å²) in [7, 11) is 1.59. The number of rotatable bonds is 6. The Morgan fingerprint density at radius 1 is 1.29 bits per heavy atom. The molecule has 2 N–H and O–H groups in total. The van der Waals surface area contributed by atoms with Gasteiger partial charge in [-0.3, -0.25) is 9.59 Å².